The maximum Gasteiger partial charge on any atom is 0.253 e. The highest BCUT2D eigenvalue weighted by Crippen LogP contribution is 2.38. The fraction of sp³-hybridized carbons (Fsp3) is 0.400. The van der Waals surface area contributed by atoms with Crippen molar-refractivity contribution in [3.63, 3.8) is 0 Å². The first-order valence-corrected chi connectivity index (χ1v) is 12.0. The van der Waals surface area contributed by atoms with Gasteiger partial charge in [0.15, 0.2) is 0 Å². The number of hydrogen-bond donors (Lipinski definition) is 1. The first-order valence-electron chi connectivity index (χ1n) is 11.2. The van der Waals surface area contributed by atoms with E-state index in [4.69, 9.17) is 0 Å². The Hall–Kier alpha value is -2.15. The molecule has 0 spiro atoms. The van der Waals surface area contributed by atoms with E-state index in [9.17, 15) is 4.79 Å². The third-order valence-electron chi connectivity index (χ3n) is 6.91. The van der Waals surface area contributed by atoms with Gasteiger partial charge in [-0.15, -0.1) is 0 Å². The van der Waals surface area contributed by atoms with Crippen LogP contribution in [0.5, 0.6) is 0 Å². The summed E-state index contributed by atoms with van der Waals surface area (Å²) < 4.78 is 1.11. The molecule has 0 saturated carbocycles. The molecule has 1 aromatic heterocycles. The largest absolute Gasteiger partial charge is 0.357 e. The summed E-state index contributed by atoms with van der Waals surface area (Å²) in [5.41, 5.74) is 5.88. The van der Waals surface area contributed by atoms with Crippen molar-refractivity contribution in [2.45, 2.75) is 19.4 Å². The van der Waals surface area contributed by atoms with Crippen molar-refractivity contribution in [2.24, 2.45) is 0 Å². The first kappa shape index (κ1) is 20.7. The number of carbonyl (C=O) groups is 1. The van der Waals surface area contributed by atoms with Gasteiger partial charge in [0, 0.05) is 59.4 Å². The zero-order valence-electron chi connectivity index (χ0n) is 18.2. The highest BCUT2D eigenvalue weighted by Gasteiger charge is 2.30. The zero-order valence-corrected chi connectivity index (χ0v) is 19.8. The molecule has 1 saturated heterocycles. The maximum atomic E-state index is 13.0. The lowest BCUT2D eigenvalue weighted by Gasteiger charge is -2.34. The standard InChI is InChI=1S/C25H29BrN4O/c1-3-29-12-14-30(15-13-29)25(31)18-6-4-17(5-7-18)24-23-20(10-11-28(24)2)21-16-19(26)8-9-22(21)27-23/h4-9,16,24,27H,3,10-15H2,1-2H3. The van der Waals surface area contributed by atoms with Crippen molar-refractivity contribution < 1.29 is 4.79 Å². The van der Waals surface area contributed by atoms with E-state index >= 15 is 0 Å². The van der Waals surface area contributed by atoms with Crippen molar-refractivity contribution in [1.29, 1.82) is 0 Å². The Balaban J connectivity index is 1.41. The molecule has 162 valence electrons. The molecule has 5 rings (SSSR count). The molecule has 2 aliphatic rings. The minimum Gasteiger partial charge on any atom is -0.357 e. The average molecular weight is 481 g/mol. The smallest absolute Gasteiger partial charge is 0.253 e. The Morgan fingerprint density at radius 3 is 2.52 bits per heavy atom. The van der Waals surface area contributed by atoms with Crippen LogP contribution >= 0.6 is 15.9 Å². The average Bonchev–Trinajstić information content (AvgIpc) is 3.16. The molecule has 1 amide bonds. The summed E-state index contributed by atoms with van der Waals surface area (Å²) >= 11 is 3.62. The molecular formula is C25H29BrN4O. The van der Waals surface area contributed by atoms with E-state index in [1.54, 1.807) is 0 Å². The fourth-order valence-electron chi connectivity index (χ4n) is 5.06. The summed E-state index contributed by atoms with van der Waals surface area (Å²) in [6.45, 7) is 7.80. The molecule has 1 fully saturated rings. The van der Waals surface area contributed by atoms with Crippen LogP contribution in [0.15, 0.2) is 46.9 Å². The van der Waals surface area contributed by atoms with Gasteiger partial charge in [-0.25, -0.2) is 0 Å². The zero-order chi connectivity index (χ0) is 21.5. The minimum absolute atomic E-state index is 0.149. The Morgan fingerprint density at radius 2 is 1.81 bits per heavy atom. The van der Waals surface area contributed by atoms with Crippen molar-refractivity contribution in [1.82, 2.24) is 19.7 Å². The van der Waals surface area contributed by atoms with Crippen LogP contribution in [-0.4, -0.2) is 71.9 Å². The van der Waals surface area contributed by atoms with Gasteiger partial charge >= 0.3 is 0 Å². The summed E-state index contributed by atoms with van der Waals surface area (Å²) in [4.78, 5) is 23.4. The number of halogens is 1. The van der Waals surface area contributed by atoms with Gasteiger partial charge in [0.2, 0.25) is 0 Å². The van der Waals surface area contributed by atoms with E-state index in [0.717, 1.165) is 55.7 Å². The topological polar surface area (TPSA) is 42.6 Å². The van der Waals surface area contributed by atoms with E-state index in [2.05, 4.69) is 75.0 Å². The molecule has 0 bridgehead atoms. The molecule has 0 aliphatic carbocycles. The van der Waals surface area contributed by atoms with Gasteiger partial charge in [0.25, 0.3) is 5.91 Å². The lowest BCUT2D eigenvalue weighted by atomic mass is 9.92. The highest BCUT2D eigenvalue weighted by atomic mass is 79.9. The second kappa shape index (κ2) is 8.41. The van der Waals surface area contributed by atoms with E-state index < -0.39 is 0 Å². The number of piperazine rings is 1. The number of fused-ring (bicyclic) bond motifs is 3. The third kappa shape index (κ3) is 3.81. The van der Waals surface area contributed by atoms with E-state index in [1.165, 1.54) is 27.7 Å². The van der Waals surface area contributed by atoms with Gasteiger partial charge in [-0.2, -0.15) is 0 Å². The van der Waals surface area contributed by atoms with Gasteiger partial charge < -0.3 is 14.8 Å². The molecule has 0 radical (unpaired) electrons. The summed E-state index contributed by atoms with van der Waals surface area (Å²) in [5, 5.41) is 1.31. The van der Waals surface area contributed by atoms with Crippen molar-refractivity contribution in [3.05, 3.63) is 69.3 Å². The molecule has 1 atom stereocenters. The molecule has 3 aromatic rings. The van der Waals surface area contributed by atoms with Crippen molar-refractivity contribution >= 4 is 32.7 Å². The number of amides is 1. The third-order valence-corrected chi connectivity index (χ3v) is 7.40. The molecule has 2 aromatic carbocycles. The van der Waals surface area contributed by atoms with Gasteiger partial charge in [0.1, 0.15) is 0 Å². The summed E-state index contributed by atoms with van der Waals surface area (Å²) in [6.07, 6.45) is 1.04. The number of nitrogens with zero attached hydrogens (tertiary/aromatic N) is 3. The van der Waals surface area contributed by atoms with Gasteiger partial charge in [-0.1, -0.05) is 35.0 Å². The van der Waals surface area contributed by atoms with Gasteiger partial charge in [-0.05, 0) is 61.5 Å². The van der Waals surface area contributed by atoms with E-state index in [1.807, 2.05) is 17.0 Å². The first-order chi connectivity index (χ1) is 15.0. The van der Waals surface area contributed by atoms with Gasteiger partial charge in [0.05, 0.1) is 6.04 Å². The Morgan fingerprint density at radius 1 is 1.06 bits per heavy atom. The molecule has 5 nitrogen and oxygen atoms in total. The van der Waals surface area contributed by atoms with Crippen LogP contribution in [0.2, 0.25) is 0 Å². The second-order valence-corrected chi connectivity index (χ2v) is 9.60. The van der Waals surface area contributed by atoms with Crippen molar-refractivity contribution in [2.75, 3.05) is 46.3 Å². The Bertz CT molecular complexity index is 1100. The van der Waals surface area contributed by atoms with Crippen molar-refractivity contribution in [3.8, 4) is 0 Å². The number of H-pyrrole nitrogens is 1. The molecule has 31 heavy (non-hydrogen) atoms. The lowest BCUT2D eigenvalue weighted by molar-refractivity contribution is 0.0643. The predicted octanol–water partition coefficient (Wildman–Crippen LogP) is 4.29. The number of carbonyl (C=O) groups excluding carboxylic acids is 1. The number of aromatic nitrogens is 1. The maximum absolute atomic E-state index is 13.0. The number of likely N-dealkylation sites (N-methyl/N-ethyl adjacent to an activating group) is 2. The second-order valence-electron chi connectivity index (χ2n) is 8.69. The van der Waals surface area contributed by atoms with Crippen LogP contribution in [-0.2, 0) is 6.42 Å². The highest BCUT2D eigenvalue weighted by molar-refractivity contribution is 9.10. The quantitative estimate of drug-likeness (QED) is 0.607. The Kier molecular flexibility index (Phi) is 5.63. The predicted molar refractivity (Wildman–Crippen MR) is 129 cm³/mol. The van der Waals surface area contributed by atoms with Crippen LogP contribution in [0.3, 0.4) is 0 Å². The molecule has 3 heterocycles. The van der Waals surface area contributed by atoms with E-state index in [-0.39, 0.29) is 11.9 Å². The van der Waals surface area contributed by atoms with Crippen LogP contribution in [0.1, 0.15) is 40.1 Å². The van der Waals surface area contributed by atoms with Crippen LogP contribution in [0.4, 0.5) is 0 Å². The van der Waals surface area contributed by atoms with Gasteiger partial charge in [-0.3, -0.25) is 9.69 Å². The number of nitrogens with one attached hydrogen (secondary N) is 1. The number of aromatic amines is 1. The van der Waals surface area contributed by atoms with Crippen LogP contribution in [0.25, 0.3) is 10.9 Å². The monoisotopic (exact) mass is 480 g/mol. The molecule has 2 aliphatic heterocycles. The van der Waals surface area contributed by atoms with E-state index in [0.29, 0.717) is 0 Å². The summed E-state index contributed by atoms with van der Waals surface area (Å²) in [7, 11) is 2.18. The summed E-state index contributed by atoms with van der Waals surface area (Å²) in [5.74, 6) is 0.149. The van der Waals surface area contributed by atoms with Crippen LogP contribution in [0, 0.1) is 0 Å². The minimum atomic E-state index is 0.149. The molecule has 6 heteroatoms. The number of hydrogen-bond acceptors (Lipinski definition) is 3. The molecular weight excluding hydrogens is 452 g/mol. The Labute approximate surface area is 192 Å². The molecule has 1 N–H and O–H groups in total. The summed E-state index contributed by atoms with van der Waals surface area (Å²) in [6, 6.07) is 14.9. The van der Waals surface area contributed by atoms with Crippen LogP contribution < -0.4 is 0 Å². The lowest BCUT2D eigenvalue weighted by Crippen LogP contribution is -2.48. The molecule has 1 unspecified atom stereocenters. The SMILES string of the molecule is CCN1CCN(C(=O)c2ccc(C3c4[nH]c5ccc(Br)cc5c4CCN3C)cc2)CC1. The fourth-order valence-corrected chi connectivity index (χ4v) is 5.42. The normalized spacial score (nSPS) is 20.2. The number of rotatable bonds is 3. The number of benzene rings is 2.